The maximum Gasteiger partial charge on any atom is 0.494 e. The molecule has 0 saturated carbocycles. The van der Waals surface area contributed by atoms with Gasteiger partial charge >= 0.3 is 19.1 Å². The molecule has 8 heteroatoms. The molecule has 1 fully saturated rings. The van der Waals surface area contributed by atoms with E-state index in [2.05, 4.69) is 20.7 Å². The van der Waals surface area contributed by atoms with E-state index in [1.807, 2.05) is 76.2 Å². The first-order chi connectivity index (χ1) is 15.4. The molecule has 2 aromatic rings. The van der Waals surface area contributed by atoms with Crippen molar-refractivity contribution in [2.24, 2.45) is 0 Å². The Hall–Kier alpha value is -2.16. The number of rotatable bonds is 7. The number of esters is 1. The molecule has 2 aromatic carbocycles. The van der Waals surface area contributed by atoms with Crippen LogP contribution in [0.5, 0.6) is 0 Å². The van der Waals surface area contributed by atoms with Gasteiger partial charge < -0.3 is 19.2 Å². The van der Waals surface area contributed by atoms with Gasteiger partial charge in [-0.1, -0.05) is 52.3 Å². The monoisotopic (exact) mass is 518 g/mol. The van der Waals surface area contributed by atoms with Crippen molar-refractivity contribution in [1.82, 2.24) is 0 Å². The standard InChI is InChI=1S/C16H23BO4.C9H9BrO2/c1-15(2)16(3,4)21-17(20-15)13-9-6-12(7-10-13)8-11-14(18)19-5;10-8-4-1-7(2-5-8)3-6-9(11)12/h6-7,9-10H,8,11H2,1-5H3;1-2,4-5H,3,6H2,(H,11,12). The normalized spacial score (nSPS) is 16.0. The summed E-state index contributed by atoms with van der Waals surface area (Å²) in [5, 5.41) is 8.42. The fraction of sp³-hybridized carbons (Fsp3) is 0.440. The molecule has 1 saturated heterocycles. The van der Waals surface area contributed by atoms with Gasteiger partial charge in [-0.15, -0.1) is 0 Å². The van der Waals surface area contributed by atoms with Gasteiger partial charge in [-0.3, -0.25) is 9.59 Å². The summed E-state index contributed by atoms with van der Waals surface area (Å²) in [5.41, 5.74) is 2.49. The quantitative estimate of drug-likeness (QED) is 0.427. The molecule has 178 valence electrons. The number of carbonyl (C=O) groups is 2. The molecule has 0 aliphatic carbocycles. The van der Waals surface area contributed by atoms with Crippen molar-refractivity contribution in [3.63, 3.8) is 0 Å². The van der Waals surface area contributed by atoms with Crippen LogP contribution in [0, 0.1) is 0 Å². The minimum absolute atomic E-state index is 0.190. The molecule has 0 unspecified atom stereocenters. The third kappa shape index (κ3) is 8.29. The van der Waals surface area contributed by atoms with Gasteiger partial charge in [-0.25, -0.2) is 0 Å². The number of halogens is 1. The van der Waals surface area contributed by atoms with E-state index in [1.54, 1.807) is 0 Å². The first kappa shape index (κ1) is 27.1. The molecule has 0 radical (unpaired) electrons. The van der Waals surface area contributed by atoms with E-state index < -0.39 is 5.97 Å². The fourth-order valence-electron chi connectivity index (χ4n) is 3.07. The van der Waals surface area contributed by atoms with Crippen LogP contribution in [-0.4, -0.2) is 42.5 Å². The second kappa shape index (κ2) is 11.8. The lowest BCUT2D eigenvalue weighted by atomic mass is 9.79. The average molecular weight is 519 g/mol. The van der Waals surface area contributed by atoms with Gasteiger partial charge in [-0.05, 0) is 69.3 Å². The fourth-order valence-corrected chi connectivity index (χ4v) is 3.34. The van der Waals surface area contributed by atoms with Crippen molar-refractivity contribution in [3.8, 4) is 0 Å². The number of aliphatic carboxylic acids is 1. The minimum Gasteiger partial charge on any atom is -0.481 e. The number of benzene rings is 2. The van der Waals surface area contributed by atoms with Crippen molar-refractivity contribution >= 4 is 40.4 Å². The van der Waals surface area contributed by atoms with Crippen molar-refractivity contribution in [3.05, 3.63) is 64.1 Å². The van der Waals surface area contributed by atoms with Crippen LogP contribution in [0.25, 0.3) is 0 Å². The van der Waals surface area contributed by atoms with Crippen LogP contribution in [0.3, 0.4) is 0 Å². The zero-order chi connectivity index (χ0) is 24.6. The highest BCUT2D eigenvalue weighted by atomic mass is 79.9. The van der Waals surface area contributed by atoms with Crippen LogP contribution in [0.15, 0.2) is 53.0 Å². The lowest BCUT2D eigenvalue weighted by molar-refractivity contribution is -0.140. The Balaban J connectivity index is 0.000000273. The Kier molecular flexibility index (Phi) is 9.70. The van der Waals surface area contributed by atoms with Crippen LogP contribution in [0.4, 0.5) is 0 Å². The molecule has 1 aliphatic rings. The highest BCUT2D eigenvalue weighted by Crippen LogP contribution is 2.36. The van der Waals surface area contributed by atoms with E-state index in [-0.39, 0.29) is 30.7 Å². The second-order valence-corrected chi connectivity index (χ2v) is 9.84. The summed E-state index contributed by atoms with van der Waals surface area (Å²) in [4.78, 5) is 21.4. The molecule has 1 heterocycles. The van der Waals surface area contributed by atoms with Crippen LogP contribution >= 0.6 is 15.9 Å². The molecule has 1 aliphatic heterocycles. The van der Waals surface area contributed by atoms with E-state index >= 15 is 0 Å². The predicted octanol–water partition coefficient (Wildman–Crippen LogP) is 4.56. The number of aryl methyl sites for hydroxylation is 2. The minimum atomic E-state index is -0.752. The maximum atomic E-state index is 11.1. The van der Waals surface area contributed by atoms with Gasteiger partial charge in [0.05, 0.1) is 18.3 Å². The predicted molar refractivity (Wildman–Crippen MR) is 133 cm³/mol. The SMILES string of the molecule is COC(=O)CCc1ccc(B2OC(C)(C)C(C)(C)O2)cc1.O=C(O)CCc1ccc(Br)cc1. The van der Waals surface area contributed by atoms with Crippen LogP contribution in [0.2, 0.25) is 0 Å². The summed E-state index contributed by atoms with van der Waals surface area (Å²) in [6.07, 6.45) is 1.87. The number of ether oxygens (including phenoxy) is 1. The van der Waals surface area contributed by atoms with Gasteiger partial charge in [0.15, 0.2) is 0 Å². The van der Waals surface area contributed by atoms with Crippen LogP contribution in [0.1, 0.15) is 51.7 Å². The van der Waals surface area contributed by atoms with Gasteiger partial charge in [0, 0.05) is 17.3 Å². The molecular formula is C25H32BBrO6. The zero-order valence-corrected chi connectivity index (χ0v) is 21.5. The lowest BCUT2D eigenvalue weighted by Gasteiger charge is -2.32. The number of carboxylic acid groups (broad SMARTS) is 1. The number of carboxylic acids is 1. The molecule has 0 amide bonds. The molecule has 0 aromatic heterocycles. The van der Waals surface area contributed by atoms with Gasteiger partial charge in [0.2, 0.25) is 0 Å². The maximum absolute atomic E-state index is 11.1. The largest absolute Gasteiger partial charge is 0.494 e. The summed E-state index contributed by atoms with van der Waals surface area (Å²) in [5.74, 6) is -0.942. The first-order valence-electron chi connectivity index (χ1n) is 10.9. The van der Waals surface area contributed by atoms with E-state index in [4.69, 9.17) is 14.4 Å². The smallest absolute Gasteiger partial charge is 0.481 e. The first-order valence-corrected chi connectivity index (χ1v) is 11.7. The molecule has 0 bridgehead atoms. The molecule has 1 N–H and O–H groups in total. The molecule has 3 rings (SSSR count). The molecular weight excluding hydrogens is 487 g/mol. The molecule has 6 nitrogen and oxygen atoms in total. The van der Waals surface area contributed by atoms with Gasteiger partial charge in [0.1, 0.15) is 0 Å². The lowest BCUT2D eigenvalue weighted by Crippen LogP contribution is -2.41. The Morgan fingerprint density at radius 1 is 0.879 bits per heavy atom. The Bertz CT molecular complexity index is 909. The summed E-state index contributed by atoms with van der Waals surface area (Å²) in [6.45, 7) is 8.16. The number of methoxy groups -OCH3 is 1. The Labute approximate surface area is 204 Å². The number of hydrogen-bond acceptors (Lipinski definition) is 5. The highest BCUT2D eigenvalue weighted by molar-refractivity contribution is 9.10. The average Bonchev–Trinajstić information content (AvgIpc) is 2.99. The summed E-state index contributed by atoms with van der Waals surface area (Å²) >= 11 is 3.31. The second-order valence-electron chi connectivity index (χ2n) is 8.93. The third-order valence-corrected chi connectivity index (χ3v) is 6.42. The molecule has 0 atom stereocenters. The van der Waals surface area contributed by atoms with Crippen molar-refractivity contribution < 1.29 is 28.7 Å². The van der Waals surface area contributed by atoms with E-state index in [0.29, 0.717) is 19.3 Å². The van der Waals surface area contributed by atoms with E-state index in [0.717, 1.165) is 21.1 Å². The molecule has 33 heavy (non-hydrogen) atoms. The Morgan fingerprint density at radius 2 is 1.33 bits per heavy atom. The van der Waals surface area contributed by atoms with Crippen molar-refractivity contribution in [1.29, 1.82) is 0 Å². The summed E-state index contributed by atoms with van der Waals surface area (Å²) in [7, 11) is 1.06. The topological polar surface area (TPSA) is 82.1 Å². The van der Waals surface area contributed by atoms with Crippen molar-refractivity contribution in [2.45, 2.75) is 64.6 Å². The van der Waals surface area contributed by atoms with Gasteiger partial charge in [-0.2, -0.15) is 0 Å². The summed E-state index contributed by atoms with van der Waals surface area (Å²) < 4.78 is 17.7. The Morgan fingerprint density at radius 3 is 1.79 bits per heavy atom. The van der Waals surface area contributed by atoms with Crippen LogP contribution in [-0.2, 0) is 36.5 Å². The van der Waals surface area contributed by atoms with Crippen LogP contribution < -0.4 is 5.46 Å². The van der Waals surface area contributed by atoms with Crippen molar-refractivity contribution in [2.75, 3.05) is 7.11 Å². The third-order valence-electron chi connectivity index (χ3n) is 5.89. The van der Waals surface area contributed by atoms with E-state index in [9.17, 15) is 9.59 Å². The highest BCUT2D eigenvalue weighted by Gasteiger charge is 2.51. The number of carbonyl (C=O) groups excluding carboxylic acids is 1. The van der Waals surface area contributed by atoms with E-state index in [1.165, 1.54) is 7.11 Å². The molecule has 0 spiro atoms. The van der Waals surface area contributed by atoms with Gasteiger partial charge in [0.25, 0.3) is 0 Å². The summed E-state index contributed by atoms with van der Waals surface area (Å²) in [6, 6.07) is 15.7. The zero-order valence-electron chi connectivity index (χ0n) is 19.9. The number of hydrogen-bond donors (Lipinski definition) is 1.